The van der Waals surface area contributed by atoms with Crippen LogP contribution in [0, 0.1) is 5.92 Å². The highest BCUT2D eigenvalue weighted by atomic mass is 16.5. The molecular formula is C11H20N4O. The molecule has 0 radical (unpaired) electrons. The maximum absolute atomic E-state index is 5.34. The summed E-state index contributed by atoms with van der Waals surface area (Å²) in [7, 11) is 1.76. The first-order chi connectivity index (χ1) is 7.70. The predicted molar refractivity (Wildman–Crippen MR) is 61.0 cm³/mol. The Kier molecular flexibility index (Phi) is 3.56. The Balaban J connectivity index is 2.06. The van der Waals surface area contributed by atoms with Crippen LogP contribution in [0.1, 0.15) is 32.1 Å². The van der Waals surface area contributed by atoms with Gasteiger partial charge in [0.1, 0.15) is 12.2 Å². The zero-order chi connectivity index (χ0) is 11.5. The molecule has 0 bridgehead atoms. The van der Waals surface area contributed by atoms with Gasteiger partial charge in [0.15, 0.2) is 0 Å². The summed E-state index contributed by atoms with van der Waals surface area (Å²) < 4.78 is 7.48. The topological polar surface area (TPSA) is 52.0 Å². The summed E-state index contributed by atoms with van der Waals surface area (Å²) in [6.07, 6.45) is 3.10. The van der Waals surface area contributed by atoms with Crippen molar-refractivity contribution in [3.63, 3.8) is 0 Å². The highest BCUT2D eigenvalue weighted by Gasteiger charge is 2.28. The summed E-state index contributed by atoms with van der Waals surface area (Å²) in [6.45, 7) is 6.27. The average Bonchev–Trinajstić information content (AvgIpc) is 2.84. The van der Waals surface area contributed by atoms with Crippen molar-refractivity contribution in [3.05, 3.63) is 12.2 Å². The first-order valence-electron chi connectivity index (χ1n) is 5.84. The van der Waals surface area contributed by atoms with E-state index in [9.17, 15) is 0 Å². The van der Waals surface area contributed by atoms with Crippen molar-refractivity contribution in [2.45, 2.75) is 39.0 Å². The molecular weight excluding hydrogens is 204 g/mol. The number of nitrogens with zero attached hydrogens (tertiary/aromatic N) is 3. The van der Waals surface area contributed by atoms with E-state index in [1.807, 2.05) is 6.33 Å². The van der Waals surface area contributed by atoms with Crippen LogP contribution in [-0.2, 0) is 11.3 Å². The van der Waals surface area contributed by atoms with Crippen LogP contribution in [0.3, 0.4) is 0 Å². The van der Waals surface area contributed by atoms with Gasteiger partial charge in [0.25, 0.3) is 0 Å². The van der Waals surface area contributed by atoms with Crippen molar-refractivity contribution >= 4 is 0 Å². The van der Waals surface area contributed by atoms with Crippen LogP contribution >= 0.6 is 0 Å². The highest BCUT2D eigenvalue weighted by Crippen LogP contribution is 2.23. The number of methoxy groups -OCH3 is 1. The lowest BCUT2D eigenvalue weighted by molar-refractivity contribution is 0.117. The summed E-state index contributed by atoms with van der Waals surface area (Å²) in [5.41, 5.74) is 0. The highest BCUT2D eigenvalue weighted by molar-refractivity contribution is 5.00. The Morgan fingerprint density at radius 1 is 1.62 bits per heavy atom. The van der Waals surface area contributed by atoms with E-state index in [1.54, 1.807) is 7.11 Å². The largest absolute Gasteiger partial charge is 0.380 e. The van der Waals surface area contributed by atoms with Crippen LogP contribution in [-0.4, -0.2) is 34.5 Å². The second-order valence-electron chi connectivity index (χ2n) is 4.79. The molecule has 1 saturated heterocycles. The van der Waals surface area contributed by atoms with Crippen molar-refractivity contribution in [2.75, 3.05) is 13.7 Å². The third-order valence-corrected chi connectivity index (χ3v) is 2.94. The minimum atomic E-state index is 0.284. The molecule has 0 spiro atoms. The number of hydrogen-bond donors (Lipinski definition) is 1. The number of nitrogens with one attached hydrogen (secondary N) is 1. The number of aromatic nitrogens is 3. The Morgan fingerprint density at radius 2 is 2.44 bits per heavy atom. The van der Waals surface area contributed by atoms with Gasteiger partial charge in [-0.15, -0.1) is 10.2 Å². The quantitative estimate of drug-likeness (QED) is 0.828. The van der Waals surface area contributed by atoms with Gasteiger partial charge < -0.3 is 14.6 Å². The molecule has 2 atom stereocenters. The maximum atomic E-state index is 5.34. The molecule has 1 aliphatic rings. The third-order valence-electron chi connectivity index (χ3n) is 2.94. The molecule has 1 N–H and O–H groups in total. The molecule has 2 unspecified atom stereocenters. The van der Waals surface area contributed by atoms with Crippen LogP contribution in [0.15, 0.2) is 6.33 Å². The SMILES string of the molecule is COC1CNC(c2nncn2CC(C)C)C1. The third kappa shape index (κ3) is 2.41. The second-order valence-corrected chi connectivity index (χ2v) is 4.79. The predicted octanol–water partition coefficient (Wildman–Crippen LogP) is 0.983. The number of rotatable bonds is 4. The Labute approximate surface area is 96.2 Å². The zero-order valence-corrected chi connectivity index (χ0v) is 10.2. The Hall–Kier alpha value is -0.940. The van der Waals surface area contributed by atoms with Gasteiger partial charge in [-0.1, -0.05) is 13.8 Å². The van der Waals surface area contributed by atoms with Crippen LogP contribution in [0.5, 0.6) is 0 Å². The molecule has 16 heavy (non-hydrogen) atoms. The van der Waals surface area contributed by atoms with Gasteiger partial charge in [0, 0.05) is 20.2 Å². The van der Waals surface area contributed by atoms with Crippen molar-refractivity contribution in [3.8, 4) is 0 Å². The standard InChI is InChI=1S/C11H20N4O/c1-8(2)6-15-7-13-14-11(15)10-4-9(16-3)5-12-10/h7-10,12H,4-6H2,1-3H3. The Bertz CT molecular complexity index is 336. The molecule has 0 saturated carbocycles. The van der Waals surface area contributed by atoms with Crippen molar-refractivity contribution in [1.82, 2.24) is 20.1 Å². The van der Waals surface area contributed by atoms with E-state index in [1.165, 1.54) is 0 Å². The molecule has 0 aliphatic carbocycles. The van der Waals surface area contributed by atoms with Crippen molar-refractivity contribution in [1.29, 1.82) is 0 Å². The lowest BCUT2D eigenvalue weighted by atomic mass is 10.1. The molecule has 0 amide bonds. The molecule has 2 heterocycles. The van der Waals surface area contributed by atoms with E-state index >= 15 is 0 Å². The van der Waals surface area contributed by atoms with Gasteiger partial charge in [-0.2, -0.15) is 0 Å². The van der Waals surface area contributed by atoms with Crippen LogP contribution in [0.2, 0.25) is 0 Å². The van der Waals surface area contributed by atoms with Crippen LogP contribution < -0.4 is 5.32 Å². The summed E-state index contributed by atoms with van der Waals surface area (Å²) in [4.78, 5) is 0. The second kappa shape index (κ2) is 4.93. The summed E-state index contributed by atoms with van der Waals surface area (Å²) in [5.74, 6) is 1.64. The van der Waals surface area contributed by atoms with E-state index in [0.717, 1.165) is 25.3 Å². The fourth-order valence-electron chi connectivity index (χ4n) is 2.15. The van der Waals surface area contributed by atoms with Gasteiger partial charge in [0.05, 0.1) is 12.1 Å². The average molecular weight is 224 g/mol. The molecule has 1 fully saturated rings. The molecule has 1 aromatic heterocycles. The minimum absolute atomic E-state index is 0.284. The van der Waals surface area contributed by atoms with E-state index in [-0.39, 0.29) is 6.04 Å². The molecule has 5 heteroatoms. The van der Waals surface area contributed by atoms with Gasteiger partial charge in [-0.05, 0) is 12.3 Å². The van der Waals surface area contributed by atoms with Gasteiger partial charge in [-0.3, -0.25) is 0 Å². The summed E-state index contributed by atoms with van der Waals surface area (Å²) >= 11 is 0. The van der Waals surface area contributed by atoms with Crippen molar-refractivity contribution in [2.24, 2.45) is 5.92 Å². The summed E-state index contributed by atoms with van der Waals surface area (Å²) in [6, 6.07) is 0.284. The van der Waals surface area contributed by atoms with E-state index < -0.39 is 0 Å². The molecule has 0 aromatic carbocycles. The fraction of sp³-hybridized carbons (Fsp3) is 0.818. The Morgan fingerprint density at radius 3 is 3.06 bits per heavy atom. The summed E-state index contributed by atoms with van der Waals surface area (Å²) in [5, 5.41) is 11.6. The van der Waals surface area contributed by atoms with Crippen molar-refractivity contribution < 1.29 is 4.74 Å². The molecule has 1 aliphatic heterocycles. The first kappa shape index (κ1) is 11.5. The first-order valence-corrected chi connectivity index (χ1v) is 5.84. The smallest absolute Gasteiger partial charge is 0.150 e. The lowest BCUT2D eigenvalue weighted by Gasteiger charge is -2.13. The number of ether oxygens (including phenoxy) is 1. The van der Waals surface area contributed by atoms with E-state index in [2.05, 4.69) is 33.9 Å². The molecule has 2 rings (SSSR count). The molecule has 5 nitrogen and oxygen atoms in total. The van der Waals surface area contributed by atoms with E-state index in [0.29, 0.717) is 12.0 Å². The van der Waals surface area contributed by atoms with Crippen LogP contribution in [0.4, 0.5) is 0 Å². The molecule has 90 valence electrons. The van der Waals surface area contributed by atoms with E-state index in [4.69, 9.17) is 4.74 Å². The van der Waals surface area contributed by atoms with Gasteiger partial charge in [0.2, 0.25) is 0 Å². The number of hydrogen-bond acceptors (Lipinski definition) is 4. The zero-order valence-electron chi connectivity index (χ0n) is 10.2. The molecule has 1 aromatic rings. The van der Waals surface area contributed by atoms with Gasteiger partial charge >= 0.3 is 0 Å². The minimum Gasteiger partial charge on any atom is -0.380 e. The lowest BCUT2D eigenvalue weighted by Crippen LogP contribution is -2.19. The van der Waals surface area contributed by atoms with Gasteiger partial charge in [-0.25, -0.2) is 0 Å². The maximum Gasteiger partial charge on any atom is 0.150 e. The normalized spacial score (nSPS) is 25.5. The van der Waals surface area contributed by atoms with Crippen LogP contribution in [0.25, 0.3) is 0 Å². The monoisotopic (exact) mass is 224 g/mol. The fourth-order valence-corrected chi connectivity index (χ4v) is 2.15.